The molecule has 0 aliphatic heterocycles. The zero-order valence-electron chi connectivity index (χ0n) is 12.3. The van der Waals surface area contributed by atoms with Gasteiger partial charge in [0.1, 0.15) is 21.5 Å². The van der Waals surface area contributed by atoms with E-state index >= 15 is 0 Å². The summed E-state index contributed by atoms with van der Waals surface area (Å²) in [5, 5.41) is 11.7. The number of carboxylic acid groups (broad SMARTS) is 1. The molecule has 1 aromatic carbocycles. The van der Waals surface area contributed by atoms with Crippen LogP contribution in [0.4, 0.5) is 0 Å². The van der Waals surface area contributed by atoms with E-state index in [-0.39, 0.29) is 12.0 Å². The molecule has 1 aromatic rings. The lowest BCUT2D eigenvalue weighted by molar-refractivity contribution is -0.143. The summed E-state index contributed by atoms with van der Waals surface area (Å²) in [5.74, 6) is -0.749. The van der Waals surface area contributed by atoms with Gasteiger partial charge >= 0.3 is 5.97 Å². The van der Waals surface area contributed by atoms with Crippen LogP contribution in [-0.4, -0.2) is 36.7 Å². The van der Waals surface area contributed by atoms with Crippen LogP contribution in [0.15, 0.2) is 16.6 Å². The van der Waals surface area contributed by atoms with Gasteiger partial charge in [-0.1, -0.05) is 6.92 Å². The smallest absolute Gasteiger partial charge is 0.329 e. The number of benzene rings is 1. The van der Waals surface area contributed by atoms with Gasteiger partial charge in [-0.15, -0.1) is 0 Å². The van der Waals surface area contributed by atoms with Gasteiger partial charge in [0.05, 0.1) is 14.2 Å². The Morgan fingerprint density at radius 1 is 1.29 bits per heavy atom. The van der Waals surface area contributed by atoms with Crippen LogP contribution in [-0.2, 0) is 4.79 Å². The lowest BCUT2D eigenvalue weighted by Crippen LogP contribution is -2.51. The van der Waals surface area contributed by atoms with Crippen molar-refractivity contribution in [2.24, 2.45) is 0 Å². The number of ether oxygens (including phenoxy) is 2. The van der Waals surface area contributed by atoms with Gasteiger partial charge in [0.25, 0.3) is 5.91 Å². The minimum Gasteiger partial charge on any atom is -0.495 e. The third kappa shape index (κ3) is 3.66. The Kier molecular flexibility index (Phi) is 5.60. The van der Waals surface area contributed by atoms with Gasteiger partial charge in [-0.25, -0.2) is 4.79 Å². The third-order valence-corrected chi connectivity index (χ3v) is 4.06. The van der Waals surface area contributed by atoms with Crippen LogP contribution in [0.5, 0.6) is 11.5 Å². The average molecular weight is 360 g/mol. The first-order valence-electron chi connectivity index (χ1n) is 6.26. The normalized spacial score (nSPS) is 13.2. The molecule has 6 nitrogen and oxygen atoms in total. The molecule has 7 heteroatoms. The van der Waals surface area contributed by atoms with Crippen LogP contribution in [0.1, 0.15) is 30.6 Å². The van der Waals surface area contributed by atoms with Crippen molar-refractivity contribution < 1.29 is 24.2 Å². The highest BCUT2D eigenvalue weighted by atomic mass is 79.9. The number of hydrogen-bond donors (Lipinski definition) is 2. The maximum Gasteiger partial charge on any atom is 0.329 e. The van der Waals surface area contributed by atoms with Crippen molar-refractivity contribution in [2.45, 2.75) is 25.8 Å². The largest absolute Gasteiger partial charge is 0.495 e. The number of carbonyl (C=O) groups is 2. The summed E-state index contributed by atoms with van der Waals surface area (Å²) < 4.78 is 10.9. The molecule has 0 spiro atoms. The quantitative estimate of drug-likeness (QED) is 0.814. The molecular formula is C14H18BrNO5. The summed E-state index contributed by atoms with van der Waals surface area (Å²) in [6, 6.07) is 3.03. The Hall–Kier alpha value is -1.76. The predicted octanol–water partition coefficient (Wildman–Crippen LogP) is 2.45. The molecule has 21 heavy (non-hydrogen) atoms. The fraction of sp³-hybridized carbons (Fsp3) is 0.429. The number of nitrogens with one attached hydrogen (secondary N) is 1. The van der Waals surface area contributed by atoms with Crippen LogP contribution in [0, 0.1) is 0 Å². The van der Waals surface area contributed by atoms with Gasteiger partial charge in [-0.05, 0) is 41.4 Å². The van der Waals surface area contributed by atoms with E-state index in [1.165, 1.54) is 33.3 Å². The van der Waals surface area contributed by atoms with E-state index in [9.17, 15) is 14.7 Å². The van der Waals surface area contributed by atoms with Crippen molar-refractivity contribution >= 4 is 27.8 Å². The average Bonchev–Trinajstić information content (AvgIpc) is 2.46. The van der Waals surface area contributed by atoms with E-state index in [2.05, 4.69) is 21.2 Å². The molecule has 0 fully saturated rings. The highest BCUT2D eigenvalue weighted by molar-refractivity contribution is 9.10. The molecule has 116 valence electrons. The number of rotatable bonds is 6. The summed E-state index contributed by atoms with van der Waals surface area (Å²) in [7, 11) is 2.93. The molecule has 2 N–H and O–H groups in total. The number of halogens is 1. The number of hydrogen-bond acceptors (Lipinski definition) is 4. The topological polar surface area (TPSA) is 84.9 Å². The Morgan fingerprint density at radius 2 is 1.76 bits per heavy atom. The second-order valence-electron chi connectivity index (χ2n) is 4.64. The Balaban J connectivity index is 3.16. The Labute approximate surface area is 131 Å². The highest BCUT2D eigenvalue weighted by Gasteiger charge is 2.33. The molecule has 0 bridgehead atoms. The number of amides is 1. The summed E-state index contributed by atoms with van der Waals surface area (Å²) in [4.78, 5) is 23.5. The van der Waals surface area contributed by atoms with Crippen LogP contribution < -0.4 is 14.8 Å². The minimum atomic E-state index is -1.33. The standard InChI is InChI=1S/C14H18BrNO5/c1-5-14(2,13(18)19)16-12(17)8-6-9(20-3)11(15)10(7-8)21-4/h6-7H,5H2,1-4H3,(H,16,17)(H,18,19). The molecule has 0 heterocycles. The SMILES string of the molecule is CCC(C)(NC(=O)c1cc(OC)c(Br)c(OC)c1)C(=O)O. The second-order valence-corrected chi connectivity index (χ2v) is 5.43. The summed E-state index contributed by atoms with van der Waals surface area (Å²) in [6.45, 7) is 3.15. The number of methoxy groups -OCH3 is 2. The molecule has 0 aliphatic rings. The Bertz CT molecular complexity index is 535. The molecule has 0 aromatic heterocycles. The van der Waals surface area contributed by atoms with Crippen LogP contribution >= 0.6 is 15.9 Å². The van der Waals surface area contributed by atoms with Gasteiger partial charge in [-0.2, -0.15) is 0 Å². The van der Waals surface area contributed by atoms with Crippen LogP contribution in [0.3, 0.4) is 0 Å². The zero-order chi connectivity index (χ0) is 16.2. The fourth-order valence-corrected chi connectivity index (χ4v) is 2.17. The molecule has 1 unspecified atom stereocenters. The van der Waals surface area contributed by atoms with Gasteiger partial charge in [0.15, 0.2) is 0 Å². The van der Waals surface area contributed by atoms with E-state index in [1.54, 1.807) is 6.92 Å². The number of carboxylic acids is 1. The van der Waals surface area contributed by atoms with Gasteiger partial charge in [-0.3, -0.25) is 4.79 Å². The first-order valence-corrected chi connectivity index (χ1v) is 7.05. The molecular weight excluding hydrogens is 342 g/mol. The minimum absolute atomic E-state index is 0.257. The molecule has 1 rings (SSSR count). The van der Waals surface area contributed by atoms with E-state index in [4.69, 9.17) is 9.47 Å². The van der Waals surface area contributed by atoms with E-state index in [0.717, 1.165) is 0 Å². The molecule has 1 amide bonds. The molecule has 1 atom stereocenters. The lowest BCUT2D eigenvalue weighted by Gasteiger charge is -2.24. The van der Waals surface area contributed by atoms with E-state index in [0.29, 0.717) is 16.0 Å². The zero-order valence-corrected chi connectivity index (χ0v) is 13.9. The first-order chi connectivity index (χ1) is 9.78. The van der Waals surface area contributed by atoms with Crippen LogP contribution in [0.25, 0.3) is 0 Å². The maximum absolute atomic E-state index is 12.3. The third-order valence-electron chi connectivity index (χ3n) is 3.28. The predicted molar refractivity (Wildman–Crippen MR) is 81.0 cm³/mol. The highest BCUT2D eigenvalue weighted by Crippen LogP contribution is 2.35. The second kappa shape index (κ2) is 6.80. The number of aliphatic carboxylic acids is 1. The Morgan fingerprint density at radius 3 is 2.10 bits per heavy atom. The van der Waals surface area contributed by atoms with E-state index in [1.807, 2.05) is 0 Å². The fourth-order valence-electron chi connectivity index (χ4n) is 1.62. The van der Waals surface area contributed by atoms with E-state index < -0.39 is 17.4 Å². The summed E-state index contributed by atoms with van der Waals surface area (Å²) in [5.41, 5.74) is -1.07. The van der Waals surface area contributed by atoms with Crippen molar-refractivity contribution in [1.82, 2.24) is 5.32 Å². The number of carbonyl (C=O) groups excluding carboxylic acids is 1. The summed E-state index contributed by atoms with van der Waals surface area (Å²) in [6.07, 6.45) is 0.263. The van der Waals surface area contributed by atoms with Crippen molar-refractivity contribution in [2.75, 3.05) is 14.2 Å². The van der Waals surface area contributed by atoms with Crippen molar-refractivity contribution in [3.05, 3.63) is 22.2 Å². The molecule has 0 saturated carbocycles. The van der Waals surface area contributed by atoms with Crippen molar-refractivity contribution in [3.63, 3.8) is 0 Å². The van der Waals surface area contributed by atoms with Crippen molar-refractivity contribution in [3.8, 4) is 11.5 Å². The van der Waals surface area contributed by atoms with Gasteiger partial charge < -0.3 is 19.9 Å². The van der Waals surface area contributed by atoms with Crippen LogP contribution in [0.2, 0.25) is 0 Å². The molecule has 0 radical (unpaired) electrons. The lowest BCUT2D eigenvalue weighted by atomic mass is 9.98. The molecule has 0 aliphatic carbocycles. The first kappa shape index (κ1) is 17.3. The maximum atomic E-state index is 12.3. The van der Waals surface area contributed by atoms with Gasteiger partial charge in [0.2, 0.25) is 0 Å². The van der Waals surface area contributed by atoms with Crippen molar-refractivity contribution in [1.29, 1.82) is 0 Å². The molecule has 0 saturated heterocycles. The van der Waals surface area contributed by atoms with Gasteiger partial charge in [0, 0.05) is 5.56 Å². The monoisotopic (exact) mass is 359 g/mol. The summed E-state index contributed by atoms with van der Waals surface area (Å²) >= 11 is 3.31.